The molecule has 4 nitrogen and oxygen atoms in total. The Kier molecular flexibility index (Phi) is 4.13. The summed E-state index contributed by atoms with van der Waals surface area (Å²) in [5.74, 6) is 0. The van der Waals surface area contributed by atoms with Crippen LogP contribution in [-0.4, -0.2) is 8.42 Å². The summed E-state index contributed by atoms with van der Waals surface area (Å²) in [5.41, 5.74) is 7.18. The van der Waals surface area contributed by atoms with Gasteiger partial charge in [0.15, 0.2) is 0 Å². The van der Waals surface area contributed by atoms with Crippen LogP contribution in [0.25, 0.3) is 0 Å². The molecule has 0 aliphatic heterocycles. The van der Waals surface area contributed by atoms with E-state index in [-0.39, 0.29) is 14.9 Å². The van der Waals surface area contributed by atoms with E-state index >= 15 is 0 Å². The van der Waals surface area contributed by atoms with Crippen molar-refractivity contribution in [3.8, 4) is 0 Å². The number of nitrogens with one attached hydrogen (secondary N) is 1. The van der Waals surface area contributed by atoms with Gasteiger partial charge in [0.05, 0.1) is 16.4 Å². The van der Waals surface area contributed by atoms with Gasteiger partial charge in [0.1, 0.15) is 4.90 Å². The molecule has 0 aliphatic rings. The van der Waals surface area contributed by atoms with E-state index in [2.05, 4.69) is 4.72 Å². The monoisotopic (exact) mass is 330 g/mol. The quantitative estimate of drug-likeness (QED) is 0.843. The van der Waals surface area contributed by atoms with Gasteiger partial charge in [0.2, 0.25) is 0 Å². The number of benzene rings is 2. The van der Waals surface area contributed by atoms with Crippen molar-refractivity contribution in [1.29, 1.82) is 0 Å². The largest absolute Gasteiger partial charge is 0.397 e. The lowest BCUT2D eigenvalue weighted by Gasteiger charge is -2.13. The first kappa shape index (κ1) is 15.0. The fourth-order valence-corrected chi connectivity index (χ4v) is 3.63. The molecule has 2 rings (SSSR count). The van der Waals surface area contributed by atoms with Crippen LogP contribution in [0.1, 0.15) is 5.56 Å². The summed E-state index contributed by atoms with van der Waals surface area (Å²) >= 11 is 11.7. The van der Waals surface area contributed by atoms with Gasteiger partial charge in [-0.3, -0.25) is 4.72 Å². The van der Waals surface area contributed by atoms with Gasteiger partial charge >= 0.3 is 0 Å². The molecule has 0 aromatic heterocycles. The lowest BCUT2D eigenvalue weighted by atomic mass is 10.2. The van der Waals surface area contributed by atoms with E-state index < -0.39 is 10.0 Å². The van der Waals surface area contributed by atoms with Crippen LogP contribution >= 0.6 is 23.2 Å². The maximum atomic E-state index is 12.4. The molecule has 0 saturated carbocycles. The molecule has 0 aliphatic carbocycles. The molecular formula is C13H12Cl2N2O2S. The van der Waals surface area contributed by atoms with E-state index in [4.69, 9.17) is 28.9 Å². The lowest BCUT2D eigenvalue weighted by Crippen LogP contribution is -2.15. The van der Waals surface area contributed by atoms with E-state index in [1.807, 2.05) is 0 Å². The number of hydrogen-bond donors (Lipinski definition) is 2. The summed E-state index contributed by atoms with van der Waals surface area (Å²) < 4.78 is 27.2. The molecule has 2 aromatic rings. The Hall–Kier alpha value is -1.43. The molecule has 7 heteroatoms. The molecule has 106 valence electrons. The topological polar surface area (TPSA) is 72.2 Å². The average Bonchev–Trinajstić information content (AvgIpc) is 2.37. The number of aryl methyl sites for hydroxylation is 1. The number of nitrogen functional groups attached to an aromatic ring is 1. The Bertz CT molecular complexity index is 741. The molecule has 0 radical (unpaired) electrons. The molecular weight excluding hydrogens is 319 g/mol. The normalized spacial score (nSPS) is 11.3. The van der Waals surface area contributed by atoms with Crippen LogP contribution in [0.15, 0.2) is 41.3 Å². The third-order valence-electron chi connectivity index (χ3n) is 2.72. The Labute approximate surface area is 127 Å². The third kappa shape index (κ3) is 3.00. The van der Waals surface area contributed by atoms with Crippen LogP contribution in [0.5, 0.6) is 0 Å². The summed E-state index contributed by atoms with van der Waals surface area (Å²) in [5, 5.41) is 0.376. The molecule has 20 heavy (non-hydrogen) atoms. The second-order valence-electron chi connectivity index (χ2n) is 4.22. The van der Waals surface area contributed by atoms with Crippen LogP contribution in [0.2, 0.25) is 10.0 Å². The van der Waals surface area contributed by atoms with Crippen molar-refractivity contribution in [2.75, 3.05) is 10.5 Å². The molecule has 0 atom stereocenters. The van der Waals surface area contributed by atoms with Crippen LogP contribution in [0, 0.1) is 6.92 Å². The number of halogens is 2. The molecule has 0 heterocycles. The predicted octanol–water partition coefficient (Wildman–Crippen LogP) is 3.68. The second-order valence-corrected chi connectivity index (χ2v) is 6.71. The summed E-state index contributed by atoms with van der Waals surface area (Å²) in [7, 11) is -3.86. The van der Waals surface area contributed by atoms with E-state index in [0.29, 0.717) is 16.9 Å². The number of nitrogens with two attached hydrogens (primary N) is 1. The Morgan fingerprint density at radius 3 is 2.50 bits per heavy atom. The molecule has 2 aromatic carbocycles. The summed E-state index contributed by atoms with van der Waals surface area (Å²) in [6.45, 7) is 1.76. The summed E-state index contributed by atoms with van der Waals surface area (Å²) in [6, 6.07) is 9.36. The van der Waals surface area contributed by atoms with Gasteiger partial charge in [-0.1, -0.05) is 35.3 Å². The van der Waals surface area contributed by atoms with Crippen molar-refractivity contribution in [2.24, 2.45) is 0 Å². The third-order valence-corrected chi connectivity index (χ3v) is 4.79. The standard InChI is InChI=1S/C13H12Cl2N2O2S/c1-8-3-2-4-11(16)13(8)17-20(18,19)12-7-9(14)5-6-10(12)15/h2-7,17H,16H2,1H3. The predicted molar refractivity (Wildman–Crippen MR) is 82.9 cm³/mol. The van der Waals surface area contributed by atoms with E-state index in [9.17, 15) is 8.42 Å². The van der Waals surface area contributed by atoms with Crippen LogP contribution < -0.4 is 10.5 Å². The minimum absolute atomic E-state index is 0.0886. The number of rotatable bonds is 3. The van der Waals surface area contributed by atoms with Crippen LogP contribution in [0.3, 0.4) is 0 Å². The van der Waals surface area contributed by atoms with Crippen LogP contribution in [-0.2, 0) is 10.0 Å². The first-order chi connectivity index (χ1) is 9.31. The van der Waals surface area contributed by atoms with Gasteiger partial charge in [-0.15, -0.1) is 0 Å². The fraction of sp³-hybridized carbons (Fsp3) is 0.0769. The fourth-order valence-electron chi connectivity index (χ4n) is 1.70. The van der Waals surface area contributed by atoms with Gasteiger partial charge in [0.25, 0.3) is 10.0 Å². The Morgan fingerprint density at radius 2 is 1.85 bits per heavy atom. The summed E-state index contributed by atoms with van der Waals surface area (Å²) in [4.78, 5) is -0.0886. The van der Waals surface area contributed by atoms with E-state index in [1.165, 1.54) is 18.2 Å². The van der Waals surface area contributed by atoms with Crippen LogP contribution in [0.4, 0.5) is 11.4 Å². The van der Waals surface area contributed by atoms with Crippen molar-refractivity contribution in [2.45, 2.75) is 11.8 Å². The maximum Gasteiger partial charge on any atom is 0.263 e. The number of hydrogen-bond acceptors (Lipinski definition) is 3. The highest BCUT2D eigenvalue weighted by molar-refractivity contribution is 7.92. The highest BCUT2D eigenvalue weighted by Crippen LogP contribution is 2.30. The second kappa shape index (κ2) is 5.52. The molecule has 0 saturated heterocycles. The summed E-state index contributed by atoms with van der Waals surface area (Å²) in [6.07, 6.45) is 0. The minimum Gasteiger partial charge on any atom is -0.397 e. The average molecular weight is 331 g/mol. The first-order valence-corrected chi connectivity index (χ1v) is 7.88. The minimum atomic E-state index is -3.86. The van der Waals surface area contributed by atoms with Crippen molar-refractivity contribution in [3.63, 3.8) is 0 Å². The molecule has 0 bridgehead atoms. The highest BCUT2D eigenvalue weighted by Gasteiger charge is 2.20. The zero-order chi connectivity index (χ0) is 14.9. The smallest absolute Gasteiger partial charge is 0.263 e. The Balaban J connectivity index is 2.49. The van der Waals surface area contributed by atoms with Gasteiger partial charge in [-0.2, -0.15) is 0 Å². The van der Waals surface area contributed by atoms with Gasteiger partial charge in [0, 0.05) is 5.02 Å². The molecule has 3 N–H and O–H groups in total. The Morgan fingerprint density at radius 1 is 1.15 bits per heavy atom. The van der Waals surface area contributed by atoms with E-state index in [1.54, 1.807) is 25.1 Å². The van der Waals surface area contributed by atoms with E-state index in [0.717, 1.165) is 0 Å². The van der Waals surface area contributed by atoms with Gasteiger partial charge in [-0.05, 0) is 36.8 Å². The molecule has 0 amide bonds. The van der Waals surface area contributed by atoms with Crippen molar-refractivity contribution >= 4 is 44.6 Å². The zero-order valence-corrected chi connectivity index (χ0v) is 12.9. The van der Waals surface area contributed by atoms with Crippen molar-refractivity contribution < 1.29 is 8.42 Å². The van der Waals surface area contributed by atoms with Crippen molar-refractivity contribution in [1.82, 2.24) is 0 Å². The van der Waals surface area contributed by atoms with Gasteiger partial charge in [-0.25, -0.2) is 8.42 Å². The zero-order valence-electron chi connectivity index (χ0n) is 10.5. The number of sulfonamides is 1. The number of anilines is 2. The first-order valence-electron chi connectivity index (χ1n) is 5.64. The molecule has 0 spiro atoms. The maximum absolute atomic E-state index is 12.4. The SMILES string of the molecule is Cc1cccc(N)c1NS(=O)(=O)c1cc(Cl)ccc1Cl. The molecule has 0 fully saturated rings. The van der Waals surface area contributed by atoms with Gasteiger partial charge < -0.3 is 5.73 Å². The highest BCUT2D eigenvalue weighted by atomic mass is 35.5. The van der Waals surface area contributed by atoms with Crippen molar-refractivity contribution in [3.05, 3.63) is 52.0 Å². The lowest BCUT2D eigenvalue weighted by molar-refractivity contribution is 0.601. The number of para-hydroxylation sites is 1. The molecule has 0 unspecified atom stereocenters.